The third kappa shape index (κ3) is 17.0. The van der Waals surface area contributed by atoms with Crippen molar-refractivity contribution in [2.45, 2.75) is 248 Å². The van der Waals surface area contributed by atoms with Crippen molar-refractivity contribution in [3.63, 3.8) is 0 Å². The molecule has 5 heterocycles. The molecule has 0 aromatic rings. The molecule has 518 valence electrons. The van der Waals surface area contributed by atoms with Crippen LogP contribution in [0.1, 0.15) is 113 Å². The van der Waals surface area contributed by atoms with E-state index < -0.39 is 208 Å². The fourth-order valence-corrected chi connectivity index (χ4v) is 17.7. The fourth-order valence-electron chi connectivity index (χ4n) is 16.6. The van der Waals surface area contributed by atoms with Gasteiger partial charge in [-0.1, -0.05) is 59.6 Å². The molecule has 5 aliphatic heterocycles. The number of ether oxygens (including phenoxy) is 11. The molecule has 4 aliphatic carbocycles. The van der Waals surface area contributed by atoms with Crippen LogP contribution in [0.5, 0.6) is 0 Å². The SMILES string of the molecule is CO[C@@H]1[C@@H](O)[C@H](O[C@@H]2[C@@H](O)[C@H](O[C@H]3[C@H](O)[C@@H](O)[C@H](O[C@H]4[C@H](O[C@H]5CC[C@]6(C)[C@H]7CCC89C(=O)O[C@@H](CCCC(C)C)C8[C@@H](OC(C)=O)C[C@@]9(C)C7=CC[C@H]6C5(C)C)OC[C@@H](OS(=O)(=O)[O-])[C@@H]4O)O[C@@H]3C)O[C@H](COS(=O)(=O)[O-])[C@H]2O)O[C@H](COS(=O)(=O)[O-])[C@H]1O.[Na+].[Na+].[Na+]. The second-order valence-corrected chi connectivity index (χ2v) is 30.0. The van der Waals surface area contributed by atoms with Crippen LogP contribution in [0.3, 0.4) is 0 Å². The number of carbonyl (C=O) groups excluding carboxylic acids is 2. The smallest absolute Gasteiger partial charge is 0.726 e. The molecule has 93 heavy (non-hydrogen) atoms. The third-order valence-corrected chi connectivity index (χ3v) is 22.1. The average molecular weight is 1420 g/mol. The van der Waals surface area contributed by atoms with Gasteiger partial charge in [0.25, 0.3) is 0 Å². The molecule has 0 bridgehead atoms. The molecule has 0 amide bonds. The first kappa shape index (κ1) is 82.6. The Balaban J connectivity index is 0.00000457. The summed E-state index contributed by atoms with van der Waals surface area (Å²) < 4.78 is 183. The summed E-state index contributed by atoms with van der Waals surface area (Å²) in [6.07, 6.45) is -31.1. The Labute approximate surface area is 607 Å². The maximum absolute atomic E-state index is 14.5. The van der Waals surface area contributed by atoms with Crippen LogP contribution in [0.4, 0.5) is 0 Å². The van der Waals surface area contributed by atoms with Crippen molar-refractivity contribution >= 4 is 43.1 Å². The van der Waals surface area contributed by atoms with Gasteiger partial charge < -0.3 is 102 Å². The van der Waals surface area contributed by atoms with Crippen LogP contribution >= 0.6 is 0 Å². The van der Waals surface area contributed by atoms with Crippen LogP contribution in [0, 0.1) is 45.3 Å². The Hall–Kier alpha value is 0.650. The normalized spacial score (nSPS) is 44.8. The van der Waals surface area contributed by atoms with Crippen molar-refractivity contribution in [1.82, 2.24) is 0 Å². The topological polar surface area (TPSA) is 477 Å². The maximum atomic E-state index is 14.5. The zero-order chi connectivity index (χ0) is 66.3. The number of aliphatic hydroxyl groups is 7. The maximum Gasteiger partial charge on any atom is 1.00 e. The standard InChI is InChI=1S/C55H88O32S3.3Na/c1-23(2)11-10-12-28-35-29(79-25(4)56)19-54(8)27-13-14-33-52(5,6)34(16-17-53(33,7)26(27)15-18-55(35,54)51(64)82-28)83-50-46(38(59)32(20-75-50)87-90(71,72)73)86-47-40(61)39(60)43(24(3)78-47)84-49-42(63)45(37(58)31(81-49)22-77-89(68,69)70)85-48-41(62)44(74-9)36(57)30(80-48)21-76-88(65,66)67;;;/h13,23-24,26,28-50,57-63H,10-12,14-22H2,1-9H3,(H,65,66,67)(H,68,69,70)(H,71,72,73);;;/q;3*+1/p-3/t24-,26+,28+,29+,30-,31-,32-,33+,34+,35?,36-,37-,38+,39-,40-,41-,42-,43-,44+,45+,46-,47+,48+,49+,50+,53-,54+,55?;;;/m1.../s1. The number of allylic oxidation sites excluding steroid dienone is 2. The molecule has 0 aromatic heterocycles. The minimum atomic E-state index is -5.51. The number of aliphatic hydroxyl groups excluding tert-OH is 7. The Morgan fingerprint density at radius 1 is 0.677 bits per heavy atom. The van der Waals surface area contributed by atoms with E-state index in [1.54, 1.807) is 0 Å². The summed E-state index contributed by atoms with van der Waals surface area (Å²) in [5.74, 6) is -0.632. The Bertz CT molecular complexity index is 2950. The summed E-state index contributed by atoms with van der Waals surface area (Å²) in [5, 5.41) is 80.2. The summed E-state index contributed by atoms with van der Waals surface area (Å²) in [4.78, 5) is 27.2. The first-order valence-electron chi connectivity index (χ1n) is 30.2. The number of esters is 2. The number of carbonyl (C=O) groups is 2. The van der Waals surface area contributed by atoms with Crippen LogP contribution in [0.2, 0.25) is 0 Å². The number of hydrogen-bond donors (Lipinski definition) is 7. The molecule has 38 heteroatoms. The average Bonchev–Trinajstić information content (AvgIpc) is 1.55. The Morgan fingerprint density at radius 3 is 1.80 bits per heavy atom. The monoisotopic (exact) mass is 1420 g/mol. The number of rotatable bonds is 22. The minimum absolute atomic E-state index is 0. The number of fused-ring (bicyclic) bond motifs is 4. The van der Waals surface area contributed by atoms with E-state index in [0.29, 0.717) is 50.9 Å². The quantitative estimate of drug-likeness (QED) is 0.0174. The van der Waals surface area contributed by atoms with Crippen LogP contribution in [-0.2, 0) is 105 Å². The second-order valence-electron chi connectivity index (χ2n) is 26.8. The molecular weight excluding hydrogens is 1340 g/mol. The molecule has 0 radical (unpaired) electrons. The van der Waals surface area contributed by atoms with Gasteiger partial charge in [-0.15, -0.1) is 0 Å². The zero-order valence-electron chi connectivity index (χ0n) is 54.1. The van der Waals surface area contributed by atoms with Gasteiger partial charge in [-0.3, -0.25) is 22.1 Å². The minimum Gasteiger partial charge on any atom is -0.726 e. The molecule has 5 saturated heterocycles. The van der Waals surface area contributed by atoms with Gasteiger partial charge in [-0.2, -0.15) is 0 Å². The molecule has 3 saturated carbocycles. The summed E-state index contributed by atoms with van der Waals surface area (Å²) in [7, 11) is -15.4. The van der Waals surface area contributed by atoms with Crippen molar-refractivity contribution in [2.24, 2.45) is 45.3 Å². The summed E-state index contributed by atoms with van der Waals surface area (Å²) in [6, 6.07) is 0. The number of methoxy groups -OCH3 is 1. The molecule has 9 rings (SSSR count). The van der Waals surface area contributed by atoms with Gasteiger partial charge in [0.05, 0.1) is 43.4 Å². The van der Waals surface area contributed by atoms with Crippen LogP contribution < -0.4 is 88.7 Å². The van der Waals surface area contributed by atoms with Crippen LogP contribution in [0.25, 0.3) is 0 Å². The second kappa shape index (κ2) is 31.7. The van der Waals surface area contributed by atoms with E-state index in [1.165, 1.54) is 13.8 Å². The van der Waals surface area contributed by atoms with E-state index in [4.69, 9.17) is 52.1 Å². The molecule has 28 atom stereocenters. The molecule has 2 unspecified atom stereocenters. The predicted molar refractivity (Wildman–Crippen MR) is 292 cm³/mol. The van der Waals surface area contributed by atoms with E-state index in [0.717, 1.165) is 25.5 Å². The van der Waals surface area contributed by atoms with Gasteiger partial charge in [-0.05, 0) is 86.9 Å². The van der Waals surface area contributed by atoms with Crippen LogP contribution in [-0.4, -0.2) is 249 Å². The Kier molecular flexibility index (Phi) is 28.2. The van der Waals surface area contributed by atoms with Gasteiger partial charge >= 0.3 is 101 Å². The molecule has 9 aliphatic rings. The number of cyclic esters (lactones) is 1. The summed E-state index contributed by atoms with van der Waals surface area (Å²) >= 11 is 0. The van der Waals surface area contributed by atoms with Crippen molar-refractivity contribution in [3.05, 3.63) is 11.6 Å². The van der Waals surface area contributed by atoms with E-state index in [1.807, 2.05) is 13.8 Å². The third-order valence-electron chi connectivity index (χ3n) is 20.8. The molecular formula is C55H85Na3O32S3. The van der Waals surface area contributed by atoms with E-state index in [9.17, 15) is 84.2 Å². The predicted octanol–water partition coefficient (Wildman–Crippen LogP) is -10.7. The molecule has 8 fully saturated rings. The van der Waals surface area contributed by atoms with E-state index in [2.05, 4.69) is 46.3 Å². The molecule has 32 nitrogen and oxygen atoms in total. The largest absolute Gasteiger partial charge is 1.00 e. The van der Waals surface area contributed by atoms with Crippen molar-refractivity contribution in [3.8, 4) is 0 Å². The zero-order valence-corrected chi connectivity index (χ0v) is 62.6. The van der Waals surface area contributed by atoms with Crippen LogP contribution in [0.15, 0.2) is 11.6 Å². The van der Waals surface area contributed by atoms with Crippen molar-refractivity contribution < 1.29 is 238 Å². The van der Waals surface area contributed by atoms with Gasteiger partial charge in [0, 0.05) is 19.4 Å². The summed E-state index contributed by atoms with van der Waals surface area (Å²) in [5.41, 5.74) is -1.54. The van der Waals surface area contributed by atoms with Gasteiger partial charge in [-0.25, -0.2) is 25.3 Å². The number of hydrogen-bond acceptors (Lipinski definition) is 32. The first-order chi connectivity index (χ1) is 41.8. The molecule has 0 aromatic carbocycles. The van der Waals surface area contributed by atoms with Gasteiger partial charge in [0.2, 0.25) is 31.2 Å². The van der Waals surface area contributed by atoms with E-state index >= 15 is 0 Å². The molecule has 7 N–H and O–H groups in total. The first-order valence-corrected chi connectivity index (χ1v) is 34.2. The van der Waals surface area contributed by atoms with Gasteiger partial charge in [0.1, 0.15) is 97.7 Å². The summed E-state index contributed by atoms with van der Waals surface area (Å²) in [6.45, 7) is 12.2. The Morgan fingerprint density at radius 2 is 1.24 bits per heavy atom. The van der Waals surface area contributed by atoms with Gasteiger partial charge in [0.15, 0.2) is 25.2 Å². The van der Waals surface area contributed by atoms with Crippen molar-refractivity contribution in [1.29, 1.82) is 0 Å². The van der Waals surface area contributed by atoms with Crippen molar-refractivity contribution in [2.75, 3.05) is 26.9 Å². The molecule has 1 spiro atoms. The van der Waals surface area contributed by atoms with E-state index in [-0.39, 0.29) is 118 Å². The fraction of sp³-hybridized carbons (Fsp3) is 0.927.